The van der Waals surface area contributed by atoms with Crippen molar-refractivity contribution in [3.05, 3.63) is 78.1 Å². The Bertz CT molecular complexity index is 1340. The third kappa shape index (κ3) is 3.75. The van der Waals surface area contributed by atoms with Crippen molar-refractivity contribution in [2.45, 2.75) is 19.3 Å². The average molecular weight is 427 g/mol. The van der Waals surface area contributed by atoms with E-state index in [0.29, 0.717) is 24.1 Å². The quantitative estimate of drug-likeness (QED) is 0.330. The summed E-state index contributed by atoms with van der Waals surface area (Å²) >= 11 is 0. The Labute approximate surface area is 184 Å². The highest BCUT2D eigenvalue weighted by atomic mass is 16.5. The number of hydrogen-bond acceptors (Lipinski definition) is 5. The first kappa shape index (κ1) is 20.0. The van der Waals surface area contributed by atoms with Gasteiger partial charge in [0, 0.05) is 35.2 Å². The van der Waals surface area contributed by atoms with Crippen molar-refractivity contribution < 1.29 is 23.5 Å². The van der Waals surface area contributed by atoms with Crippen molar-refractivity contribution in [3.8, 4) is 0 Å². The molecular weight excluding hydrogens is 406 g/mol. The standard InChI is InChI=1S/C26H21NO5/c28-22(18-7-10-20(11-8-18)27-13-3-6-24(27)29)16-32-25(30)14-19-15-31-23-12-9-17-4-1-2-5-21(17)26(19)23/h1-2,4-5,7-12,15H,3,6,13-14,16H2. The summed E-state index contributed by atoms with van der Waals surface area (Å²) in [7, 11) is 0. The summed E-state index contributed by atoms with van der Waals surface area (Å²) in [6.45, 7) is 0.360. The molecule has 0 unspecified atom stereocenters. The second-order valence-corrected chi connectivity index (χ2v) is 7.88. The maximum atomic E-state index is 12.5. The molecular formula is C26H21NO5. The molecule has 2 heterocycles. The molecule has 0 bridgehead atoms. The molecule has 0 aliphatic carbocycles. The van der Waals surface area contributed by atoms with Gasteiger partial charge in [0.1, 0.15) is 5.58 Å². The van der Waals surface area contributed by atoms with E-state index in [2.05, 4.69) is 0 Å². The van der Waals surface area contributed by atoms with Crippen molar-refractivity contribution in [3.63, 3.8) is 0 Å². The van der Waals surface area contributed by atoms with E-state index in [1.54, 1.807) is 35.4 Å². The number of hydrogen-bond donors (Lipinski definition) is 0. The molecule has 1 aromatic heterocycles. The number of amides is 1. The van der Waals surface area contributed by atoms with Crippen LogP contribution in [-0.2, 0) is 20.7 Å². The first-order chi connectivity index (χ1) is 15.6. The average Bonchev–Trinajstić information content (AvgIpc) is 3.44. The molecule has 3 aromatic carbocycles. The highest BCUT2D eigenvalue weighted by Crippen LogP contribution is 2.30. The molecule has 0 saturated carbocycles. The van der Waals surface area contributed by atoms with Crippen LogP contribution in [0.3, 0.4) is 0 Å². The highest BCUT2D eigenvalue weighted by Gasteiger charge is 2.22. The largest absolute Gasteiger partial charge is 0.464 e. The van der Waals surface area contributed by atoms with Crippen LogP contribution in [0.15, 0.2) is 71.3 Å². The minimum atomic E-state index is -0.492. The van der Waals surface area contributed by atoms with E-state index in [1.807, 2.05) is 36.4 Å². The molecule has 0 radical (unpaired) electrons. The van der Waals surface area contributed by atoms with E-state index >= 15 is 0 Å². The monoisotopic (exact) mass is 427 g/mol. The van der Waals surface area contributed by atoms with Gasteiger partial charge in [0.05, 0.1) is 12.7 Å². The maximum Gasteiger partial charge on any atom is 0.310 e. The number of anilines is 1. The molecule has 1 fully saturated rings. The third-order valence-electron chi connectivity index (χ3n) is 5.81. The van der Waals surface area contributed by atoms with Gasteiger partial charge in [0.15, 0.2) is 12.4 Å². The molecule has 0 N–H and O–H groups in total. The Morgan fingerprint density at radius 3 is 2.59 bits per heavy atom. The Kier molecular flexibility index (Phi) is 5.19. The zero-order valence-corrected chi connectivity index (χ0v) is 17.4. The fraction of sp³-hybridized carbons (Fsp3) is 0.192. The smallest absolute Gasteiger partial charge is 0.310 e. The van der Waals surface area contributed by atoms with Crippen LogP contribution in [0, 0.1) is 0 Å². The number of Topliss-reactive ketones (excluding diaryl/α,β-unsaturated/α-hetero) is 1. The molecule has 32 heavy (non-hydrogen) atoms. The fourth-order valence-corrected chi connectivity index (χ4v) is 4.19. The summed E-state index contributed by atoms with van der Waals surface area (Å²) in [6, 6.07) is 18.6. The first-order valence-corrected chi connectivity index (χ1v) is 10.6. The van der Waals surface area contributed by atoms with Gasteiger partial charge in [-0.15, -0.1) is 0 Å². The lowest BCUT2D eigenvalue weighted by Gasteiger charge is -2.15. The second-order valence-electron chi connectivity index (χ2n) is 7.88. The van der Waals surface area contributed by atoms with Crippen LogP contribution in [0.4, 0.5) is 5.69 Å². The number of benzene rings is 3. The van der Waals surface area contributed by atoms with Gasteiger partial charge >= 0.3 is 5.97 Å². The number of carbonyl (C=O) groups is 3. The number of ketones is 1. The molecule has 160 valence electrons. The Morgan fingerprint density at radius 2 is 1.81 bits per heavy atom. The van der Waals surface area contributed by atoms with Gasteiger partial charge in [-0.1, -0.05) is 30.3 Å². The van der Waals surface area contributed by atoms with Gasteiger partial charge < -0.3 is 14.1 Å². The lowest BCUT2D eigenvalue weighted by Crippen LogP contribution is -2.23. The molecule has 1 aliphatic heterocycles. The number of fused-ring (bicyclic) bond motifs is 3. The Balaban J connectivity index is 1.24. The summed E-state index contributed by atoms with van der Waals surface area (Å²) in [5, 5.41) is 2.96. The predicted molar refractivity (Wildman–Crippen MR) is 121 cm³/mol. The molecule has 0 atom stereocenters. The van der Waals surface area contributed by atoms with Gasteiger partial charge in [-0.3, -0.25) is 14.4 Å². The van der Waals surface area contributed by atoms with Crippen molar-refractivity contribution in [2.75, 3.05) is 18.1 Å². The minimum Gasteiger partial charge on any atom is -0.464 e. The third-order valence-corrected chi connectivity index (χ3v) is 5.81. The summed E-state index contributed by atoms with van der Waals surface area (Å²) < 4.78 is 10.9. The van der Waals surface area contributed by atoms with E-state index in [1.165, 1.54) is 0 Å². The van der Waals surface area contributed by atoms with E-state index < -0.39 is 5.97 Å². The summed E-state index contributed by atoms with van der Waals surface area (Å²) in [4.78, 5) is 38.5. The van der Waals surface area contributed by atoms with Crippen LogP contribution in [0.1, 0.15) is 28.8 Å². The van der Waals surface area contributed by atoms with Crippen LogP contribution in [0.5, 0.6) is 0 Å². The van der Waals surface area contributed by atoms with Crippen LogP contribution in [0.25, 0.3) is 21.7 Å². The van der Waals surface area contributed by atoms with Gasteiger partial charge in [-0.2, -0.15) is 0 Å². The lowest BCUT2D eigenvalue weighted by atomic mass is 10.0. The number of furan rings is 1. The van der Waals surface area contributed by atoms with Crippen LogP contribution in [-0.4, -0.2) is 30.8 Å². The lowest BCUT2D eigenvalue weighted by molar-refractivity contribution is -0.141. The molecule has 1 saturated heterocycles. The predicted octanol–water partition coefficient (Wildman–Crippen LogP) is 4.68. The molecule has 6 heteroatoms. The summed E-state index contributed by atoms with van der Waals surface area (Å²) in [6.07, 6.45) is 2.98. The van der Waals surface area contributed by atoms with Gasteiger partial charge in [0.2, 0.25) is 5.91 Å². The SMILES string of the molecule is O=C(Cc1coc2ccc3ccccc3c12)OCC(=O)c1ccc(N2CCCC2=O)cc1. The van der Waals surface area contributed by atoms with Crippen molar-refractivity contribution in [2.24, 2.45) is 0 Å². The molecule has 1 amide bonds. The zero-order valence-electron chi connectivity index (χ0n) is 17.4. The van der Waals surface area contributed by atoms with Crippen molar-refractivity contribution in [1.82, 2.24) is 0 Å². The fourth-order valence-electron chi connectivity index (χ4n) is 4.19. The van der Waals surface area contributed by atoms with Crippen molar-refractivity contribution >= 4 is 45.1 Å². The molecule has 6 nitrogen and oxygen atoms in total. The Morgan fingerprint density at radius 1 is 1.00 bits per heavy atom. The number of rotatable bonds is 6. The number of nitrogens with zero attached hydrogens (tertiary/aromatic N) is 1. The minimum absolute atomic E-state index is 0.0182. The molecule has 5 rings (SSSR count). The van der Waals surface area contributed by atoms with Gasteiger partial charge in [-0.05, 0) is 47.5 Å². The van der Waals surface area contributed by atoms with E-state index in [-0.39, 0.29) is 24.7 Å². The summed E-state index contributed by atoms with van der Waals surface area (Å²) in [5.41, 5.74) is 2.65. The topological polar surface area (TPSA) is 76.8 Å². The highest BCUT2D eigenvalue weighted by molar-refractivity contribution is 6.08. The van der Waals surface area contributed by atoms with E-state index in [0.717, 1.165) is 33.8 Å². The second kappa shape index (κ2) is 8.30. The summed E-state index contributed by atoms with van der Waals surface area (Å²) in [5.74, 6) is -0.689. The normalized spacial score (nSPS) is 13.8. The number of carbonyl (C=O) groups excluding carboxylic acids is 3. The van der Waals surface area contributed by atoms with Crippen LogP contribution >= 0.6 is 0 Å². The number of esters is 1. The van der Waals surface area contributed by atoms with E-state index in [9.17, 15) is 14.4 Å². The maximum absolute atomic E-state index is 12.5. The molecule has 1 aliphatic rings. The first-order valence-electron chi connectivity index (χ1n) is 10.6. The van der Waals surface area contributed by atoms with Gasteiger partial charge in [0.25, 0.3) is 0 Å². The van der Waals surface area contributed by atoms with Crippen LogP contribution < -0.4 is 4.90 Å². The van der Waals surface area contributed by atoms with Crippen LogP contribution in [0.2, 0.25) is 0 Å². The number of ether oxygens (including phenoxy) is 1. The zero-order chi connectivity index (χ0) is 22.1. The van der Waals surface area contributed by atoms with Crippen molar-refractivity contribution in [1.29, 1.82) is 0 Å². The molecule has 0 spiro atoms. The molecule has 4 aromatic rings. The Hall–Kier alpha value is -3.93. The van der Waals surface area contributed by atoms with E-state index in [4.69, 9.17) is 9.15 Å². The van der Waals surface area contributed by atoms with Gasteiger partial charge in [-0.25, -0.2) is 0 Å².